The highest BCUT2D eigenvalue weighted by Crippen LogP contribution is 2.39. The Labute approximate surface area is 179 Å². The van der Waals surface area contributed by atoms with E-state index in [4.69, 9.17) is 0 Å². The third-order valence-corrected chi connectivity index (χ3v) is 5.38. The van der Waals surface area contributed by atoms with Gasteiger partial charge in [0.1, 0.15) is 5.82 Å². The van der Waals surface area contributed by atoms with Gasteiger partial charge >= 0.3 is 0 Å². The molecule has 1 N–H and O–H groups in total. The number of carbonyl (C=O) groups is 2. The van der Waals surface area contributed by atoms with Gasteiger partial charge in [-0.3, -0.25) is 14.6 Å². The maximum atomic E-state index is 13.3. The van der Waals surface area contributed by atoms with Gasteiger partial charge in [-0.2, -0.15) is 0 Å². The Morgan fingerprint density at radius 2 is 1.65 bits per heavy atom. The largest absolute Gasteiger partial charge is 0.503 e. The molecule has 0 saturated carbocycles. The molecule has 5 nitrogen and oxygen atoms in total. The molecule has 1 aromatic heterocycles. The lowest BCUT2D eigenvalue weighted by atomic mass is 9.93. The number of pyridine rings is 1. The molecule has 0 bridgehead atoms. The molecule has 0 saturated heterocycles. The molecule has 1 atom stereocenters. The van der Waals surface area contributed by atoms with Crippen LogP contribution in [0.15, 0.2) is 90.5 Å². The number of hydrogen-bond donors (Lipinski definition) is 1. The molecule has 2 heterocycles. The number of halogens is 1. The van der Waals surface area contributed by atoms with Gasteiger partial charge in [-0.1, -0.05) is 42.5 Å². The van der Waals surface area contributed by atoms with E-state index >= 15 is 0 Å². The summed E-state index contributed by atoms with van der Waals surface area (Å²) in [6.07, 6.45) is 3.84. The van der Waals surface area contributed by atoms with Gasteiger partial charge in [0.2, 0.25) is 0 Å². The first-order valence-electron chi connectivity index (χ1n) is 10.00. The second-order valence-corrected chi connectivity index (χ2v) is 7.41. The van der Waals surface area contributed by atoms with Crippen molar-refractivity contribution in [2.24, 2.45) is 0 Å². The second-order valence-electron chi connectivity index (χ2n) is 7.41. The lowest BCUT2D eigenvalue weighted by Gasteiger charge is -2.27. The van der Waals surface area contributed by atoms with Crippen molar-refractivity contribution < 1.29 is 19.1 Å². The van der Waals surface area contributed by atoms with Crippen LogP contribution in [0, 0.1) is 5.82 Å². The molecule has 6 heteroatoms. The van der Waals surface area contributed by atoms with Crippen LogP contribution in [-0.2, 0) is 22.6 Å². The number of benzene rings is 2. The monoisotopic (exact) mass is 416 g/mol. The van der Waals surface area contributed by atoms with Crippen molar-refractivity contribution in [3.63, 3.8) is 0 Å². The van der Waals surface area contributed by atoms with Crippen LogP contribution < -0.4 is 0 Å². The van der Waals surface area contributed by atoms with Crippen molar-refractivity contribution >= 4 is 11.7 Å². The van der Waals surface area contributed by atoms with Crippen LogP contribution in [0.25, 0.3) is 0 Å². The number of nitrogens with zero attached hydrogens (tertiary/aromatic N) is 2. The first-order chi connectivity index (χ1) is 15.0. The van der Waals surface area contributed by atoms with Gasteiger partial charge in [-0.05, 0) is 47.4 Å². The normalized spacial score (nSPS) is 16.1. The lowest BCUT2D eigenvalue weighted by Crippen LogP contribution is -2.30. The number of rotatable bonds is 7. The van der Waals surface area contributed by atoms with E-state index in [0.717, 1.165) is 5.56 Å². The summed E-state index contributed by atoms with van der Waals surface area (Å²) in [7, 11) is 0. The van der Waals surface area contributed by atoms with Crippen molar-refractivity contribution in [2.45, 2.75) is 25.4 Å². The number of carbonyl (C=O) groups excluding carboxylic acids is 2. The van der Waals surface area contributed by atoms with Gasteiger partial charge < -0.3 is 10.0 Å². The molecule has 0 radical (unpaired) electrons. The average molecular weight is 416 g/mol. The maximum Gasteiger partial charge on any atom is 0.290 e. The van der Waals surface area contributed by atoms with Crippen LogP contribution in [0.2, 0.25) is 0 Å². The summed E-state index contributed by atoms with van der Waals surface area (Å²) in [6, 6.07) is 18.1. The van der Waals surface area contributed by atoms with Crippen molar-refractivity contribution in [1.29, 1.82) is 0 Å². The molecule has 1 aliphatic rings. The first-order valence-corrected chi connectivity index (χ1v) is 10.00. The quantitative estimate of drug-likeness (QED) is 0.623. The Kier molecular flexibility index (Phi) is 5.89. The zero-order valence-corrected chi connectivity index (χ0v) is 16.7. The van der Waals surface area contributed by atoms with Gasteiger partial charge in [0, 0.05) is 25.4 Å². The highest BCUT2D eigenvalue weighted by atomic mass is 19.1. The summed E-state index contributed by atoms with van der Waals surface area (Å²) >= 11 is 0. The average Bonchev–Trinajstić information content (AvgIpc) is 3.05. The molecule has 0 fully saturated rings. The summed E-state index contributed by atoms with van der Waals surface area (Å²) in [5.74, 6) is -1.80. The lowest BCUT2D eigenvalue weighted by molar-refractivity contribution is -0.130. The van der Waals surface area contributed by atoms with Gasteiger partial charge in [-0.15, -0.1) is 0 Å². The fourth-order valence-corrected chi connectivity index (χ4v) is 3.82. The van der Waals surface area contributed by atoms with Crippen molar-refractivity contribution in [3.8, 4) is 0 Å². The number of aliphatic hydroxyl groups excluding tert-OH is 1. The molecule has 1 unspecified atom stereocenters. The fourth-order valence-electron chi connectivity index (χ4n) is 3.82. The van der Waals surface area contributed by atoms with E-state index in [1.165, 1.54) is 17.0 Å². The zero-order chi connectivity index (χ0) is 21.8. The Hall–Kier alpha value is -3.80. The number of Topliss-reactive ketones (excluding diaryl/α,β-unsaturated/α-hetero) is 1. The number of hydrogen-bond acceptors (Lipinski definition) is 4. The predicted molar refractivity (Wildman–Crippen MR) is 113 cm³/mol. The van der Waals surface area contributed by atoms with E-state index in [1.807, 2.05) is 30.3 Å². The Morgan fingerprint density at radius 1 is 0.968 bits per heavy atom. The molecule has 1 aliphatic heterocycles. The van der Waals surface area contributed by atoms with Gasteiger partial charge in [0.05, 0.1) is 11.6 Å². The minimum Gasteiger partial charge on any atom is -0.503 e. The smallest absolute Gasteiger partial charge is 0.290 e. The summed E-state index contributed by atoms with van der Waals surface area (Å²) in [5.41, 5.74) is 2.47. The van der Waals surface area contributed by atoms with Crippen LogP contribution >= 0.6 is 0 Å². The third kappa shape index (κ3) is 4.38. The molecule has 156 valence electrons. The Bertz CT molecular complexity index is 1110. The highest BCUT2D eigenvalue weighted by Gasteiger charge is 2.43. The Morgan fingerprint density at radius 3 is 2.32 bits per heavy atom. The second kappa shape index (κ2) is 8.92. The maximum absolute atomic E-state index is 13.3. The van der Waals surface area contributed by atoms with Gasteiger partial charge in [-0.25, -0.2) is 4.39 Å². The predicted octanol–water partition coefficient (Wildman–Crippen LogP) is 4.32. The summed E-state index contributed by atoms with van der Waals surface area (Å²) < 4.78 is 13.3. The molecule has 0 aliphatic carbocycles. The molecule has 31 heavy (non-hydrogen) atoms. The number of aromatic nitrogens is 1. The van der Waals surface area contributed by atoms with Crippen molar-refractivity contribution in [2.75, 3.05) is 0 Å². The number of aliphatic hydroxyl groups is 1. The first kappa shape index (κ1) is 20.5. The third-order valence-electron chi connectivity index (χ3n) is 5.38. The number of aryl methyl sites for hydroxylation is 1. The van der Waals surface area contributed by atoms with E-state index in [-0.39, 0.29) is 30.1 Å². The van der Waals surface area contributed by atoms with Crippen LogP contribution in [0.3, 0.4) is 0 Å². The van der Waals surface area contributed by atoms with Crippen LogP contribution in [-0.4, -0.2) is 26.7 Å². The number of amides is 1. The molecule has 1 amide bonds. The minimum absolute atomic E-state index is 0.0919. The molecule has 3 aromatic rings. The SMILES string of the molecule is O=C(CCc1ccccc1)C1=C(O)C(=O)N(Cc2ccc(F)cc2)C1c1ccncc1. The topological polar surface area (TPSA) is 70.5 Å². The minimum atomic E-state index is -0.733. The van der Waals surface area contributed by atoms with E-state index in [9.17, 15) is 19.1 Å². The van der Waals surface area contributed by atoms with Crippen molar-refractivity contribution in [3.05, 3.63) is 113 Å². The van der Waals surface area contributed by atoms with Crippen LogP contribution in [0.4, 0.5) is 4.39 Å². The summed E-state index contributed by atoms with van der Waals surface area (Å²) in [6.45, 7) is 0.131. The fraction of sp³-hybridized carbons (Fsp3) is 0.160. The van der Waals surface area contributed by atoms with E-state index in [2.05, 4.69) is 4.98 Å². The Balaban J connectivity index is 1.64. The van der Waals surface area contributed by atoms with Crippen LogP contribution in [0.5, 0.6) is 0 Å². The van der Waals surface area contributed by atoms with Gasteiger partial charge in [0.25, 0.3) is 5.91 Å². The molecular formula is C25H21FN2O3. The zero-order valence-electron chi connectivity index (χ0n) is 16.7. The van der Waals surface area contributed by atoms with E-state index < -0.39 is 17.7 Å². The van der Waals surface area contributed by atoms with E-state index in [0.29, 0.717) is 17.5 Å². The van der Waals surface area contributed by atoms with Gasteiger partial charge in [0.15, 0.2) is 11.5 Å². The molecular weight excluding hydrogens is 395 g/mol. The molecule has 0 spiro atoms. The highest BCUT2D eigenvalue weighted by molar-refractivity contribution is 6.09. The molecule has 2 aromatic carbocycles. The van der Waals surface area contributed by atoms with Crippen molar-refractivity contribution in [1.82, 2.24) is 9.88 Å². The van der Waals surface area contributed by atoms with E-state index in [1.54, 1.807) is 36.7 Å². The summed E-state index contributed by atoms with van der Waals surface area (Å²) in [4.78, 5) is 31.5. The van der Waals surface area contributed by atoms with Crippen LogP contribution in [0.1, 0.15) is 29.2 Å². The molecule has 4 rings (SSSR count). The standard InChI is InChI=1S/C25H21FN2O3/c26-20-9-6-18(7-10-20)16-28-23(19-12-14-27-15-13-19)22(24(30)25(28)31)21(29)11-8-17-4-2-1-3-5-17/h1-7,9-10,12-15,23,30H,8,11,16H2. The summed E-state index contributed by atoms with van der Waals surface area (Å²) in [5, 5.41) is 10.6. The number of ketones is 1.